The van der Waals surface area contributed by atoms with Crippen molar-refractivity contribution in [2.45, 2.75) is 62.4 Å². The number of hydrogen-bond acceptors (Lipinski definition) is 3. The van der Waals surface area contributed by atoms with E-state index in [-0.39, 0.29) is 23.3 Å². The molecule has 33 heavy (non-hydrogen) atoms. The fourth-order valence-corrected chi connectivity index (χ4v) is 6.21. The molecule has 1 saturated carbocycles. The summed E-state index contributed by atoms with van der Waals surface area (Å²) in [6.07, 6.45) is 6.98. The number of likely N-dealkylation sites (tertiary alicyclic amines) is 1. The van der Waals surface area contributed by atoms with Crippen LogP contribution in [-0.4, -0.2) is 48.6 Å². The molecule has 3 fully saturated rings. The summed E-state index contributed by atoms with van der Waals surface area (Å²) < 4.78 is 5.65. The molecule has 3 aliphatic rings. The van der Waals surface area contributed by atoms with Crippen molar-refractivity contribution < 1.29 is 14.3 Å². The van der Waals surface area contributed by atoms with Gasteiger partial charge in [0.15, 0.2) is 0 Å². The zero-order chi connectivity index (χ0) is 22.7. The summed E-state index contributed by atoms with van der Waals surface area (Å²) in [5.41, 5.74) is 1.81. The smallest absolute Gasteiger partial charge is 0.254 e. The molecular weight excluding hydrogens is 412 g/mol. The quantitative estimate of drug-likeness (QED) is 0.744. The predicted molar refractivity (Wildman–Crippen MR) is 128 cm³/mol. The number of nitrogens with one attached hydrogen (secondary N) is 1. The van der Waals surface area contributed by atoms with E-state index in [1.165, 1.54) is 12.0 Å². The fourth-order valence-electron chi connectivity index (χ4n) is 6.21. The van der Waals surface area contributed by atoms with Gasteiger partial charge in [0.2, 0.25) is 5.91 Å². The van der Waals surface area contributed by atoms with E-state index < -0.39 is 6.04 Å². The zero-order valence-electron chi connectivity index (χ0n) is 19.2. The van der Waals surface area contributed by atoms with Crippen molar-refractivity contribution in [2.75, 3.05) is 19.8 Å². The van der Waals surface area contributed by atoms with Gasteiger partial charge in [0, 0.05) is 36.8 Å². The second-order valence-electron chi connectivity index (χ2n) is 9.92. The number of benzene rings is 2. The number of fused-ring (bicyclic) bond motifs is 1. The number of carbonyl (C=O) groups excluding carboxylic acids is 2. The minimum Gasteiger partial charge on any atom is -0.381 e. The Hall–Kier alpha value is -2.66. The highest BCUT2D eigenvalue weighted by Gasteiger charge is 2.48. The number of ether oxygens (including phenoxy) is 1. The van der Waals surface area contributed by atoms with Crippen LogP contribution in [0.2, 0.25) is 0 Å². The van der Waals surface area contributed by atoms with Crippen LogP contribution >= 0.6 is 0 Å². The first-order chi connectivity index (χ1) is 16.2. The van der Waals surface area contributed by atoms with Gasteiger partial charge in [-0.3, -0.25) is 9.59 Å². The second kappa shape index (κ2) is 9.68. The lowest BCUT2D eigenvalue weighted by Gasteiger charge is -2.38. The summed E-state index contributed by atoms with van der Waals surface area (Å²) in [4.78, 5) is 29.1. The molecule has 2 saturated heterocycles. The molecule has 2 amide bonds. The summed E-state index contributed by atoms with van der Waals surface area (Å²) in [6, 6.07) is 19.7. The van der Waals surface area contributed by atoms with E-state index in [4.69, 9.17) is 4.74 Å². The Morgan fingerprint density at radius 2 is 1.61 bits per heavy atom. The van der Waals surface area contributed by atoms with Gasteiger partial charge >= 0.3 is 0 Å². The van der Waals surface area contributed by atoms with Gasteiger partial charge in [-0.2, -0.15) is 0 Å². The third kappa shape index (κ3) is 4.43. The first-order valence-electron chi connectivity index (χ1n) is 12.5. The molecule has 174 valence electrons. The van der Waals surface area contributed by atoms with Crippen LogP contribution in [0, 0.1) is 5.92 Å². The van der Waals surface area contributed by atoms with Crippen molar-refractivity contribution in [3.05, 3.63) is 71.8 Å². The van der Waals surface area contributed by atoms with Crippen molar-refractivity contribution >= 4 is 11.8 Å². The molecule has 2 aromatic rings. The SMILES string of the molecule is O=C(NCC1(c2ccccc2)CCOCC1)C1CC2CCCCC2N1C(=O)c1ccccc1. The van der Waals surface area contributed by atoms with Gasteiger partial charge < -0.3 is 15.0 Å². The Bertz CT molecular complexity index is 956. The van der Waals surface area contributed by atoms with Gasteiger partial charge in [-0.1, -0.05) is 61.4 Å². The molecule has 2 aliphatic heterocycles. The number of hydrogen-bond donors (Lipinski definition) is 1. The van der Waals surface area contributed by atoms with Gasteiger partial charge in [-0.15, -0.1) is 0 Å². The van der Waals surface area contributed by atoms with Crippen LogP contribution in [0.3, 0.4) is 0 Å². The topological polar surface area (TPSA) is 58.6 Å². The first-order valence-corrected chi connectivity index (χ1v) is 12.5. The molecule has 1 aliphatic carbocycles. The highest BCUT2D eigenvalue weighted by Crippen LogP contribution is 2.41. The number of nitrogens with zero attached hydrogens (tertiary/aromatic N) is 1. The van der Waals surface area contributed by atoms with Crippen LogP contribution in [0.1, 0.15) is 60.9 Å². The van der Waals surface area contributed by atoms with Crippen molar-refractivity contribution in [1.29, 1.82) is 0 Å². The minimum atomic E-state index is -0.390. The molecule has 3 unspecified atom stereocenters. The summed E-state index contributed by atoms with van der Waals surface area (Å²) in [5.74, 6) is 0.415. The third-order valence-corrected chi connectivity index (χ3v) is 8.08. The Morgan fingerprint density at radius 3 is 2.33 bits per heavy atom. The first kappa shape index (κ1) is 22.1. The monoisotopic (exact) mass is 446 g/mol. The minimum absolute atomic E-state index is 0.00419. The number of rotatable bonds is 5. The average molecular weight is 447 g/mol. The molecule has 0 bridgehead atoms. The molecule has 3 atom stereocenters. The maximum Gasteiger partial charge on any atom is 0.254 e. The fraction of sp³-hybridized carbons (Fsp3) is 0.500. The Kier molecular flexibility index (Phi) is 6.50. The Labute approximate surface area is 196 Å². The van der Waals surface area contributed by atoms with E-state index in [1.54, 1.807) is 0 Å². The lowest BCUT2D eigenvalue weighted by Crippen LogP contribution is -2.52. The van der Waals surface area contributed by atoms with Crippen molar-refractivity contribution in [3.63, 3.8) is 0 Å². The van der Waals surface area contributed by atoms with E-state index in [0.717, 1.165) is 38.5 Å². The maximum atomic E-state index is 13.6. The van der Waals surface area contributed by atoms with Gasteiger partial charge in [0.25, 0.3) is 5.91 Å². The lowest BCUT2D eigenvalue weighted by atomic mass is 9.74. The van der Waals surface area contributed by atoms with E-state index in [9.17, 15) is 9.59 Å². The highest BCUT2D eigenvalue weighted by atomic mass is 16.5. The zero-order valence-corrected chi connectivity index (χ0v) is 19.2. The standard InChI is InChI=1S/C28H34N2O3/c31-26(29-20-28(15-17-33-18-16-28)23-12-5-2-6-13-23)25-19-22-11-7-8-14-24(22)30(25)27(32)21-9-3-1-4-10-21/h1-6,9-10,12-13,22,24-25H,7-8,11,14-20H2,(H,29,31). The van der Waals surface area contributed by atoms with E-state index >= 15 is 0 Å². The molecule has 0 spiro atoms. The largest absolute Gasteiger partial charge is 0.381 e. The van der Waals surface area contributed by atoms with Gasteiger partial charge in [0.05, 0.1) is 0 Å². The molecule has 0 aromatic heterocycles. The molecule has 5 heteroatoms. The molecule has 1 N–H and O–H groups in total. The van der Waals surface area contributed by atoms with Crippen LogP contribution in [0.15, 0.2) is 60.7 Å². The molecular formula is C28H34N2O3. The highest BCUT2D eigenvalue weighted by molar-refractivity contribution is 5.98. The van der Waals surface area contributed by atoms with Crippen LogP contribution in [0.4, 0.5) is 0 Å². The summed E-state index contributed by atoms with van der Waals surface area (Å²) in [7, 11) is 0. The van der Waals surface area contributed by atoms with Crippen LogP contribution in [-0.2, 0) is 14.9 Å². The number of amides is 2. The molecule has 5 nitrogen and oxygen atoms in total. The van der Waals surface area contributed by atoms with Crippen LogP contribution in [0.5, 0.6) is 0 Å². The average Bonchev–Trinajstić information content (AvgIpc) is 3.28. The van der Waals surface area contributed by atoms with Gasteiger partial charge in [-0.25, -0.2) is 0 Å². The van der Waals surface area contributed by atoms with Gasteiger partial charge in [0.1, 0.15) is 6.04 Å². The molecule has 2 heterocycles. The van der Waals surface area contributed by atoms with Crippen LogP contribution in [0.25, 0.3) is 0 Å². The maximum absolute atomic E-state index is 13.6. The molecule has 0 radical (unpaired) electrons. The molecule has 2 aromatic carbocycles. The Balaban J connectivity index is 1.36. The van der Waals surface area contributed by atoms with Crippen molar-refractivity contribution in [3.8, 4) is 0 Å². The van der Waals surface area contributed by atoms with E-state index in [0.29, 0.717) is 31.2 Å². The third-order valence-electron chi connectivity index (χ3n) is 8.08. The molecule has 5 rings (SSSR count). The lowest BCUT2D eigenvalue weighted by molar-refractivity contribution is -0.125. The second-order valence-corrected chi connectivity index (χ2v) is 9.92. The normalized spacial score (nSPS) is 26.4. The van der Waals surface area contributed by atoms with Crippen LogP contribution < -0.4 is 5.32 Å². The Morgan fingerprint density at radius 1 is 0.939 bits per heavy atom. The van der Waals surface area contributed by atoms with E-state index in [2.05, 4.69) is 29.6 Å². The summed E-state index contributed by atoms with van der Waals surface area (Å²) in [5, 5.41) is 3.29. The van der Waals surface area contributed by atoms with E-state index in [1.807, 2.05) is 41.3 Å². The number of carbonyl (C=O) groups is 2. The van der Waals surface area contributed by atoms with Crippen molar-refractivity contribution in [1.82, 2.24) is 10.2 Å². The summed E-state index contributed by atoms with van der Waals surface area (Å²) >= 11 is 0. The van der Waals surface area contributed by atoms with Crippen molar-refractivity contribution in [2.24, 2.45) is 5.92 Å². The van der Waals surface area contributed by atoms with Gasteiger partial charge in [-0.05, 0) is 55.7 Å². The predicted octanol–water partition coefficient (Wildman–Crippen LogP) is 4.32. The summed E-state index contributed by atoms with van der Waals surface area (Å²) in [6.45, 7) is 1.99.